The van der Waals surface area contributed by atoms with Crippen LogP contribution in [0.4, 0.5) is 0 Å². The largest absolute Gasteiger partial charge is 0.395 e. The summed E-state index contributed by atoms with van der Waals surface area (Å²) in [6, 6.07) is 9.08. The second-order valence-electron chi connectivity index (χ2n) is 4.60. The van der Waals surface area contributed by atoms with Crippen molar-refractivity contribution >= 4 is 22.0 Å². The second-order valence-corrected chi connectivity index (χ2v) is 6.25. The van der Waals surface area contributed by atoms with E-state index < -0.39 is 10.0 Å². The van der Waals surface area contributed by atoms with Crippen molar-refractivity contribution in [3.05, 3.63) is 41.3 Å². The highest BCUT2D eigenvalue weighted by atomic mass is 32.2. The van der Waals surface area contributed by atoms with Crippen molar-refractivity contribution in [2.45, 2.75) is 13.3 Å². The van der Waals surface area contributed by atoms with Gasteiger partial charge in [-0.2, -0.15) is 0 Å². The standard InChI is InChI=1S/C15H22N2O4S/c1-2-17(11-12-18)15(19)8-10-16-22(20,21)13-9-14-6-4-3-5-7-14/h3-7,9,13,16,18H,2,8,10-12H2,1H3/b13-9+. The van der Waals surface area contributed by atoms with E-state index in [-0.39, 0.29) is 32.0 Å². The number of carbonyl (C=O) groups is 1. The summed E-state index contributed by atoms with van der Waals surface area (Å²) in [5.41, 5.74) is 0.782. The second kappa shape index (κ2) is 9.34. The van der Waals surface area contributed by atoms with E-state index in [1.54, 1.807) is 19.1 Å². The van der Waals surface area contributed by atoms with Crippen LogP contribution in [0.5, 0.6) is 0 Å². The van der Waals surface area contributed by atoms with E-state index in [0.717, 1.165) is 11.0 Å². The van der Waals surface area contributed by atoms with Crippen LogP contribution in [-0.2, 0) is 14.8 Å². The summed E-state index contributed by atoms with van der Waals surface area (Å²) in [4.78, 5) is 13.3. The molecule has 0 fully saturated rings. The first-order chi connectivity index (χ1) is 10.5. The molecule has 0 aromatic heterocycles. The molecular weight excluding hydrogens is 304 g/mol. The molecule has 7 heteroatoms. The highest BCUT2D eigenvalue weighted by Gasteiger charge is 2.12. The zero-order valence-electron chi connectivity index (χ0n) is 12.6. The lowest BCUT2D eigenvalue weighted by atomic mass is 10.2. The van der Waals surface area contributed by atoms with Gasteiger partial charge < -0.3 is 10.0 Å². The van der Waals surface area contributed by atoms with Crippen molar-refractivity contribution in [1.29, 1.82) is 0 Å². The molecule has 122 valence electrons. The Bertz CT molecular complexity index is 585. The van der Waals surface area contributed by atoms with Crippen LogP contribution < -0.4 is 4.72 Å². The van der Waals surface area contributed by atoms with E-state index in [4.69, 9.17) is 5.11 Å². The number of amides is 1. The van der Waals surface area contributed by atoms with Gasteiger partial charge in [-0.15, -0.1) is 0 Å². The van der Waals surface area contributed by atoms with Gasteiger partial charge in [-0.1, -0.05) is 30.3 Å². The normalized spacial score (nSPS) is 11.7. The van der Waals surface area contributed by atoms with Crippen molar-refractivity contribution in [2.24, 2.45) is 0 Å². The highest BCUT2D eigenvalue weighted by molar-refractivity contribution is 7.92. The number of rotatable bonds is 9. The SMILES string of the molecule is CCN(CCO)C(=O)CCNS(=O)(=O)/C=C/c1ccccc1. The van der Waals surface area contributed by atoms with Gasteiger partial charge in [-0.25, -0.2) is 13.1 Å². The quantitative estimate of drug-likeness (QED) is 0.703. The van der Waals surface area contributed by atoms with Gasteiger partial charge in [0.15, 0.2) is 0 Å². The zero-order valence-corrected chi connectivity index (χ0v) is 13.4. The number of aliphatic hydroxyl groups is 1. The Balaban J connectivity index is 2.46. The van der Waals surface area contributed by atoms with Crippen molar-refractivity contribution in [3.63, 3.8) is 0 Å². The number of aliphatic hydroxyl groups excluding tert-OH is 1. The number of hydrogen-bond acceptors (Lipinski definition) is 4. The number of hydrogen-bond donors (Lipinski definition) is 2. The van der Waals surface area contributed by atoms with Gasteiger partial charge in [0, 0.05) is 31.5 Å². The molecule has 0 radical (unpaired) electrons. The maximum atomic E-state index is 11.8. The third kappa shape index (κ3) is 6.84. The molecule has 0 aliphatic carbocycles. The van der Waals surface area contributed by atoms with Crippen LogP contribution in [0.2, 0.25) is 0 Å². The van der Waals surface area contributed by atoms with Crippen LogP contribution in [0.3, 0.4) is 0 Å². The smallest absolute Gasteiger partial charge is 0.233 e. The van der Waals surface area contributed by atoms with E-state index in [9.17, 15) is 13.2 Å². The van der Waals surface area contributed by atoms with Gasteiger partial charge in [-0.05, 0) is 18.6 Å². The summed E-state index contributed by atoms with van der Waals surface area (Å²) in [6.07, 6.45) is 1.56. The number of nitrogens with one attached hydrogen (secondary N) is 1. The summed E-state index contributed by atoms with van der Waals surface area (Å²) in [6.45, 7) is 2.48. The number of nitrogens with zero attached hydrogens (tertiary/aromatic N) is 1. The molecule has 1 aromatic rings. The fourth-order valence-corrected chi connectivity index (χ4v) is 2.64. The van der Waals surface area contributed by atoms with Crippen LogP contribution >= 0.6 is 0 Å². The molecule has 0 saturated heterocycles. The Kier molecular flexibility index (Phi) is 7.79. The molecule has 6 nitrogen and oxygen atoms in total. The summed E-state index contributed by atoms with van der Waals surface area (Å²) in [5.74, 6) is -0.189. The molecule has 2 N–H and O–H groups in total. The maximum absolute atomic E-state index is 11.8. The fraction of sp³-hybridized carbons (Fsp3) is 0.400. The molecule has 0 spiro atoms. The maximum Gasteiger partial charge on any atom is 0.233 e. The van der Waals surface area contributed by atoms with Crippen LogP contribution in [0, 0.1) is 0 Å². The average molecular weight is 326 g/mol. The Morgan fingerprint density at radius 3 is 2.59 bits per heavy atom. The molecule has 0 atom stereocenters. The number of benzene rings is 1. The first-order valence-electron chi connectivity index (χ1n) is 7.10. The van der Waals surface area contributed by atoms with Gasteiger partial charge in [0.05, 0.1) is 6.61 Å². The zero-order chi connectivity index (χ0) is 16.4. The van der Waals surface area contributed by atoms with Crippen LogP contribution in [-0.4, -0.2) is 50.6 Å². The summed E-state index contributed by atoms with van der Waals surface area (Å²) in [5, 5.41) is 9.92. The first kappa shape index (κ1) is 18.3. The van der Waals surface area contributed by atoms with Gasteiger partial charge in [0.1, 0.15) is 0 Å². The predicted molar refractivity (Wildman–Crippen MR) is 86.4 cm³/mol. The van der Waals surface area contributed by atoms with E-state index in [1.165, 1.54) is 11.0 Å². The van der Waals surface area contributed by atoms with Gasteiger partial charge in [0.25, 0.3) is 0 Å². The lowest BCUT2D eigenvalue weighted by Gasteiger charge is -2.19. The molecular formula is C15H22N2O4S. The molecule has 1 aromatic carbocycles. The minimum absolute atomic E-state index is 0.0300. The molecule has 1 amide bonds. The number of likely N-dealkylation sites (N-methyl/N-ethyl adjacent to an activating group) is 1. The van der Waals surface area contributed by atoms with E-state index in [0.29, 0.717) is 6.54 Å². The molecule has 0 aliphatic heterocycles. The Labute approximate surface area is 131 Å². The van der Waals surface area contributed by atoms with Crippen molar-refractivity contribution in [1.82, 2.24) is 9.62 Å². The molecule has 0 unspecified atom stereocenters. The molecule has 0 aliphatic rings. The van der Waals surface area contributed by atoms with Crippen molar-refractivity contribution < 1.29 is 18.3 Å². The average Bonchev–Trinajstić information content (AvgIpc) is 2.51. The Morgan fingerprint density at radius 2 is 2.00 bits per heavy atom. The Hall–Kier alpha value is -1.70. The van der Waals surface area contributed by atoms with Gasteiger partial charge in [-0.3, -0.25) is 4.79 Å². The van der Waals surface area contributed by atoms with Crippen LogP contribution in [0.1, 0.15) is 18.9 Å². The lowest BCUT2D eigenvalue weighted by molar-refractivity contribution is -0.131. The van der Waals surface area contributed by atoms with Crippen molar-refractivity contribution in [3.8, 4) is 0 Å². The Morgan fingerprint density at radius 1 is 1.32 bits per heavy atom. The molecule has 0 saturated carbocycles. The first-order valence-corrected chi connectivity index (χ1v) is 8.64. The monoisotopic (exact) mass is 326 g/mol. The fourth-order valence-electron chi connectivity index (χ4n) is 1.82. The third-order valence-corrected chi connectivity index (χ3v) is 4.09. The minimum Gasteiger partial charge on any atom is -0.395 e. The van der Waals surface area contributed by atoms with Gasteiger partial charge in [0.2, 0.25) is 15.9 Å². The number of carbonyl (C=O) groups excluding carboxylic acids is 1. The van der Waals surface area contributed by atoms with E-state index >= 15 is 0 Å². The summed E-state index contributed by atoms with van der Waals surface area (Å²) < 4.78 is 25.9. The minimum atomic E-state index is -3.57. The predicted octanol–water partition coefficient (Wildman–Crippen LogP) is 0.808. The molecule has 0 heterocycles. The van der Waals surface area contributed by atoms with Crippen LogP contribution in [0.15, 0.2) is 35.7 Å². The van der Waals surface area contributed by atoms with E-state index in [1.807, 2.05) is 18.2 Å². The third-order valence-electron chi connectivity index (χ3n) is 2.99. The van der Waals surface area contributed by atoms with Crippen molar-refractivity contribution in [2.75, 3.05) is 26.2 Å². The molecule has 22 heavy (non-hydrogen) atoms. The molecule has 0 bridgehead atoms. The molecule has 1 rings (SSSR count). The summed E-state index contributed by atoms with van der Waals surface area (Å²) >= 11 is 0. The van der Waals surface area contributed by atoms with Gasteiger partial charge >= 0.3 is 0 Å². The summed E-state index contributed by atoms with van der Waals surface area (Å²) in [7, 11) is -3.57. The number of sulfonamides is 1. The van der Waals surface area contributed by atoms with E-state index in [2.05, 4.69) is 4.72 Å². The highest BCUT2D eigenvalue weighted by Crippen LogP contribution is 2.03. The lowest BCUT2D eigenvalue weighted by Crippen LogP contribution is -2.35. The topological polar surface area (TPSA) is 86.7 Å². The van der Waals surface area contributed by atoms with Crippen LogP contribution in [0.25, 0.3) is 6.08 Å².